The summed E-state index contributed by atoms with van der Waals surface area (Å²) in [6.07, 6.45) is -4.19. The molecule has 2 aromatic rings. The number of alkyl halides is 3. The van der Waals surface area contributed by atoms with Crippen molar-refractivity contribution < 1.29 is 18.3 Å². The summed E-state index contributed by atoms with van der Waals surface area (Å²) in [5.74, 6) is 0. The van der Waals surface area contributed by atoms with Crippen LogP contribution in [0.15, 0.2) is 54.6 Å². The van der Waals surface area contributed by atoms with Crippen LogP contribution in [-0.2, 0) is 12.6 Å². The molecule has 0 heterocycles. The van der Waals surface area contributed by atoms with E-state index in [4.69, 9.17) is 0 Å². The van der Waals surface area contributed by atoms with Gasteiger partial charge in [0.15, 0.2) is 0 Å². The van der Waals surface area contributed by atoms with Gasteiger partial charge in [-0.15, -0.1) is 0 Å². The molecule has 0 fully saturated rings. The van der Waals surface area contributed by atoms with Crippen LogP contribution in [0.1, 0.15) is 29.2 Å². The maximum atomic E-state index is 12.6. The fourth-order valence-corrected chi connectivity index (χ4v) is 2.05. The summed E-state index contributed by atoms with van der Waals surface area (Å²) < 4.78 is 37.7. The zero-order valence-corrected chi connectivity index (χ0v) is 10.8. The van der Waals surface area contributed by atoms with Gasteiger partial charge in [0.25, 0.3) is 0 Å². The van der Waals surface area contributed by atoms with Gasteiger partial charge < -0.3 is 5.11 Å². The van der Waals surface area contributed by atoms with Crippen LogP contribution in [0, 0.1) is 0 Å². The Hall–Kier alpha value is -1.81. The predicted molar refractivity (Wildman–Crippen MR) is 71.2 cm³/mol. The normalized spacial score (nSPS) is 13.2. The molecule has 0 saturated heterocycles. The van der Waals surface area contributed by atoms with Crippen molar-refractivity contribution in [3.05, 3.63) is 71.3 Å². The molecule has 0 bridgehead atoms. The van der Waals surface area contributed by atoms with Crippen LogP contribution in [0.3, 0.4) is 0 Å². The molecule has 106 valence electrons. The lowest BCUT2D eigenvalue weighted by atomic mass is 10.0. The Morgan fingerprint density at radius 2 is 1.65 bits per heavy atom. The van der Waals surface area contributed by atoms with Gasteiger partial charge in [-0.2, -0.15) is 13.2 Å². The zero-order valence-electron chi connectivity index (χ0n) is 10.8. The first-order valence-electron chi connectivity index (χ1n) is 6.36. The van der Waals surface area contributed by atoms with Gasteiger partial charge in [0.2, 0.25) is 0 Å². The van der Waals surface area contributed by atoms with Crippen molar-refractivity contribution >= 4 is 0 Å². The van der Waals surface area contributed by atoms with E-state index < -0.39 is 17.8 Å². The lowest BCUT2D eigenvalue weighted by molar-refractivity contribution is -0.137. The number of benzene rings is 2. The van der Waals surface area contributed by atoms with Crippen LogP contribution in [0.25, 0.3) is 0 Å². The molecule has 20 heavy (non-hydrogen) atoms. The van der Waals surface area contributed by atoms with Crippen LogP contribution in [0.5, 0.6) is 0 Å². The summed E-state index contributed by atoms with van der Waals surface area (Å²) in [7, 11) is 0. The molecule has 0 amide bonds. The molecular formula is C16H15F3O. The summed E-state index contributed by atoms with van der Waals surface area (Å²) >= 11 is 0. The third-order valence-corrected chi connectivity index (χ3v) is 3.15. The highest BCUT2D eigenvalue weighted by Crippen LogP contribution is 2.30. The molecule has 2 aromatic carbocycles. The maximum absolute atomic E-state index is 12.6. The van der Waals surface area contributed by atoms with E-state index in [0.717, 1.165) is 17.7 Å². The van der Waals surface area contributed by atoms with Crippen LogP contribution >= 0.6 is 0 Å². The smallest absolute Gasteiger partial charge is 0.388 e. The van der Waals surface area contributed by atoms with Gasteiger partial charge in [-0.1, -0.05) is 48.5 Å². The molecular weight excluding hydrogens is 265 g/mol. The van der Waals surface area contributed by atoms with E-state index in [2.05, 4.69) is 0 Å². The monoisotopic (exact) mass is 280 g/mol. The average Bonchev–Trinajstić information content (AvgIpc) is 2.45. The van der Waals surface area contributed by atoms with Gasteiger partial charge in [0.1, 0.15) is 0 Å². The van der Waals surface area contributed by atoms with Crippen LogP contribution in [-0.4, -0.2) is 5.11 Å². The molecule has 1 N–H and O–H groups in total. The molecule has 4 heteroatoms. The van der Waals surface area contributed by atoms with Gasteiger partial charge in [-0.05, 0) is 30.0 Å². The summed E-state index contributed by atoms with van der Waals surface area (Å²) in [5.41, 5.74) is 0.707. The first-order valence-corrected chi connectivity index (χ1v) is 6.36. The van der Waals surface area contributed by atoms with E-state index in [1.807, 2.05) is 18.2 Å². The Morgan fingerprint density at radius 1 is 0.950 bits per heavy atom. The van der Waals surface area contributed by atoms with Crippen molar-refractivity contribution in [1.29, 1.82) is 0 Å². The highest BCUT2D eigenvalue weighted by atomic mass is 19.4. The van der Waals surface area contributed by atoms with Crippen molar-refractivity contribution in [3.8, 4) is 0 Å². The summed E-state index contributed by atoms with van der Waals surface area (Å²) in [5, 5.41) is 9.99. The quantitative estimate of drug-likeness (QED) is 0.881. The fourth-order valence-electron chi connectivity index (χ4n) is 2.05. The topological polar surface area (TPSA) is 20.2 Å². The number of aliphatic hydroxyl groups excluding tert-OH is 1. The van der Waals surface area contributed by atoms with Crippen LogP contribution in [0.2, 0.25) is 0 Å². The van der Waals surface area contributed by atoms with E-state index in [1.54, 1.807) is 18.2 Å². The summed E-state index contributed by atoms with van der Waals surface area (Å²) in [6.45, 7) is 0. The lowest BCUT2D eigenvalue weighted by Gasteiger charge is -2.12. The van der Waals surface area contributed by atoms with Gasteiger partial charge in [-0.25, -0.2) is 0 Å². The maximum Gasteiger partial charge on any atom is 0.416 e. The van der Waals surface area contributed by atoms with Gasteiger partial charge >= 0.3 is 6.18 Å². The molecule has 1 atom stereocenters. The molecule has 0 saturated carbocycles. The minimum Gasteiger partial charge on any atom is -0.388 e. The van der Waals surface area contributed by atoms with E-state index in [9.17, 15) is 18.3 Å². The number of aliphatic hydroxyl groups is 1. The van der Waals surface area contributed by atoms with E-state index >= 15 is 0 Å². The second-order valence-electron chi connectivity index (χ2n) is 4.66. The second-order valence-corrected chi connectivity index (χ2v) is 4.66. The number of hydrogen-bond acceptors (Lipinski definition) is 1. The van der Waals surface area contributed by atoms with E-state index in [1.165, 1.54) is 6.07 Å². The largest absolute Gasteiger partial charge is 0.416 e. The van der Waals surface area contributed by atoms with Crippen molar-refractivity contribution in [2.75, 3.05) is 0 Å². The summed E-state index contributed by atoms with van der Waals surface area (Å²) in [6, 6.07) is 14.3. The number of halogens is 3. The lowest BCUT2D eigenvalue weighted by Crippen LogP contribution is -2.06. The molecule has 2 rings (SSSR count). The highest BCUT2D eigenvalue weighted by molar-refractivity contribution is 5.26. The first kappa shape index (κ1) is 14.6. The Morgan fingerprint density at radius 3 is 2.30 bits per heavy atom. The molecule has 0 aromatic heterocycles. The van der Waals surface area contributed by atoms with Crippen molar-refractivity contribution in [2.45, 2.75) is 25.1 Å². The van der Waals surface area contributed by atoms with Gasteiger partial charge in [0, 0.05) is 0 Å². The van der Waals surface area contributed by atoms with Crippen molar-refractivity contribution in [3.63, 3.8) is 0 Å². The third-order valence-electron chi connectivity index (χ3n) is 3.15. The Kier molecular flexibility index (Phi) is 4.45. The van der Waals surface area contributed by atoms with Crippen molar-refractivity contribution in [1.82, 2.24) is 0 Å². The number of aryl methyl sites for hydroxylation is 1. The Labute approximate surface area is 115 Å². The first-order chi connectivity index (χ1) is 9.47. The minimum atomic E-state index is -4.33. The predicted octanol–water partition coefficient (Wildman–Crippen LogP) is 4.37. The molecule has 0 radical (unpaired) electrons. The third kappa shape index (κ3) is 3.84. The van der Waals surface area contributed by atoms with Gasteiger partial charge in [0.05, 0.1) is 11.7 Å². The van der Waals surface area contributed by atoms with Gasteiger partial charge in [-0.3, -0.25) is 0 Å². The van der Waals surface area contributed by atoms with Crippen LogP contribution in [0.4, 0.5) is 13.2 Å². The molecule has 1 unspecified atom stereocenters. The number of hydrogen-bond donors (Lipinski definition) is 1. The second kappa shape index (κ2) is 6.09. The average molecular weight is 280 g/mol. The Balaban J connectivity index is 2.01. The molecule has 0 aliphatic carbocycles. The van der Waals surface area contributed by atoms with Crippen LogP contribution < -0.4 is 0 Å². The van der Waals surface area contributed by atoms with Crippen molar-refractivity contribution in [2.24, 2.45) is 0 Å². The van der Waals surface area contributed by atoms with E-state index in [0.29, 0.717) is 18.4 Å². The fraction of sp³-hybridized carbons (Fsp3) is 0.250. The summed E-state index contributed by atoms with van der Waals surface area (Å²) in [4.78, 5) is 0. The zero-order chi connectivity index (χ0) is 14.6. The number of rotatable bonds is 4. The molecule has 0 spiro atoms. The van der Waals surface area contributed by atoms with E-state index in [-0.39, 0.29) is 0 Å². The highest BCUT2D eigenvalue weighted by Gasteiger charge is 2.30. The molecule has 0 aliphatic rings. The molecule has 1 nitrogen and oxygen atoms in total. The SMILES string of the molecule is OC(CCc1cccc(C(F)(F)F)c1)c1ccccc1. The molecule has 0 aliphatic heterocycles. The minimum absolute atomic E-state index is 0.394. The standard InChI is InChI=1S/C16H15F3O/c17-16(18,19)14-8-4-5-12(11-14)9-10-15(20)13-6-2-1-3-7-13/h1-8,11,15,20H,9-10H2. The Bertz CT molecular complexity index is 549.